The summed E-state index contributed by atoms with van der Waals surface area (Å²) in [6.45, 7) is -2.32. The first-order valence-electron chi connectivity index (χ1n) is 10.6. The van der Waals surface area contributed by atoms with Gasteiger partial charge in [-0.05, 0) is 0 Å². The van der Waals surface area contributed by atoms with Crippen molar-refractivity contribution < 1.29 is 79.9 Å². The van der Waals surface area contributed by atoms with Gasteiger partial charge in [0, 0.05) is 0 Å². The number of aliphatic hydroxyl groups is 11. The molecule has 0 aromatic carbocycles. The molecule has 0 saturated carbocycles. The van der Waals surface area contributed by atoms with E-state index in [1.807, 2.05) is 0 Å². The Kier molecular flexibility index (Phi) is 9.54. The number of hydrogen-bond acceptors (Lipinski definition) is 16. The lowest BCUT2D eigenvalue weighted by molar-refractivity contribution is -0.401. The largest absolute Gasteiger partial charge is 0.394 e. The lowest BCUT2D eigenvalue weighted by Gasteiger charge is -2.47. The Morgan fingerprint density at radius 3 is 1.18 bits per heavy atom. The summed E-state index contributed by atoms with van der Waals surface area (Å²) >= 11 is 0. The second kappa shape index (κ2) is 11.6. The third-order valence-corrected chi connectivity index (χ3v) is 6.08. The average Bonchev–Trinajstić information content (AvgIpc) is 2.83. The smallest absolute Gasteiger partial charge is 0.190 e. The summed E-state index contributed by atoms with van der Waals surface area (Å²) in [5.41, 5.74) is 0. The molecule has 0 bridgehead atoms. The third-order valence-electron chi connectivity index (χ3n) is 6.08. The van der Waals surface area contributed by atoms with Crippen LogP contribution in [0.15, 0.2) is 0 Å². The predicted molar refractivity (Wildman–Crippen MR) is 101 cm³/mol. The van der Waals surface area contributed by atoms with Gasteiger partial charge in [-0.25, -0.2) is 0 Å². The second-order valence-corrected chi connectivity index (χ2v) is 8.34. The van der Waals surface area contributed by atoms with Crippen molar-refractivity contribution in [2.24, 2.45) is 0 Å². The highest BCUT2D eigenvalue weighted by molar-refractivity contribution is 4.95. The van der Waals surface area contributed by atoms with Gasteiger partial charge < -0.3 is 79.9 Å². The van der Waals surface area contributed by atoms with E-state index in [0.29, 0.717) is 0 Å². The van der Waals surface area contributed by atoms with E-state index in [4.69, 9.17) is 23.7 Å². The van der Waals surface area contributed by atoms with Crippen molar-refractivity contribution in [2.75, 3.05) is 19.8 Å². The summed E-state index contributed by atoms with van der Waals surface area (Å²) < 4.78 is 26.8. The maximum Gasteiger partial charge on any atom is 0.190 e. The molecule has 3 aliphatic heterocycles. The van der Waals surface area contributed by atoms with E-state index >= 15 is 0 Å². The minimum absolute atomic E-state index is 0.762. The van der Waals surface area contributed by atoms with Crippen LogP contribution in [0.4, 0.5) is 0 Å². The number of rotatable bonds is 7. The van der Waals surface area contributed by atoms with Crippen LogP contribution in [-0.4, -0.2) is 168 Å². The quantitative estimate of drug-likeness (QED) is 0.154. The standard InChI is InChI=1S/C18H32O16/c19-1-4-7(22)10(25)13(28)16(30-4)33-15-12(27)9(24)6(3-21)32-18(15)34-17-14(29)11(26)8(23)5(2-20)31-17/h4-29H,1-3H2/t4-,5-,6-,7+,8+,9-,10+,11+,12+,13-,14-,15-,16+,17+,18-/m1/s1. The summed E-state index contributed by atoms with van der Waals surface area (Å²) in [6, 6.07) is 0. The molecular weight excluding hydrogens is 472 g/mol. The van der Waals surface area contributed by atoms with Crippen molar-refractivity contribution >= 4 is 0 Å². The summed E-state index contributed by atoms with van der Waals surface area (Å²) in [5.74, 6) is 0. The minimum atomic E-state index is -1.88. The Bertz CT molecular complexity index is 637. The van der Waals surface area contributed by atoms with Gasteiger partial charge in [-0.2, -0.15) is 0 Å². The van der Waals surface area contributed by atoms with Crippen molar-refractivity contribution in [3.05, 3.63) is 0 Å². The fourth-order valence-electron chi connectivity index (χ4n) is 3.96. The first-order valence-corrected chi connectivity index (χ1v) is 10.6. The lowest BCUT2D eigenvalue weighted by atomic mass is 9.97. The molecule has 16 heteroatoms. The van der Waals surface area contributed by atoms with Crippen LogP contribution in [0.25, 0.3) is 0 Å². The highest BCUT2D eigenvalue weighted by Gasteiger charge is 2.53. The predicted octanol–water partition coefficient (Wildman–Crippen LogP) is -7.57. The summed E-state index contributed by atoms with van der Waals surface area (Å²) in [4.78, 5) is 0. The van der Waals surface area contributed by atoms with E-state index in [9.17, 15) is 56.2 Å². The first kappa shape index (κ1) is 27.9. The van der Waals surface area contributed by atoms with Crippen molar-refractivity contribution in [3.63, 3.8) is 0 Å². The highest BCUT2D eigenvalue weighted by atomic mass is 16.8. The monoisotopic (exact) mass is 504 g/mol. The van der Waals surface area contributed by atoms with Crippen molar-refractivity contribution in [1.82, 2.24) is 0 Å². The molecule has 3 rings (SSSR count). The summed E-state index contributed by atoms with van der Waals surface area (Å²) in [5, 5.41) is 109. The van der Waals surface area contributed by atoms with Crippen LogP contribution in [0, 0.1) is 0 Å². The maximum absolute atomic E-state index is 10.6. The first-order chi connectivity index (χ1) is 16.0. The van der Waals surface area contributed by atoms with Gasteiger partial charge in [-0.1, -0.05) is 0 Å². The van der Waals surface area contributed by atoms with E-state index in [1.54, 1.807) is 0 Å². The van der Waals surface area contributed by atoms with Crippen LogP contribution in [0.1, 0.15) is 0 Å². The highest BCUT2D eigenvalue weighted by Crippen LogP contribution is 2.32. The zero-order valence-corrected chi connectivity index (χ0v) is 17.7. The van der Waals surface area contributed by atoms with Crippen molar-refractivity contribution in [1.29, 1.82) is 0 Å². The Balaban J connectivity index is 1.81. The van der Waals surface area contributed by atoms with Gasteiger partial charge in [-0.3, -0.25) is 0 Å². The molecule has 0 aliphatic carbocycles. The van der Waals surface area contributed by atoms with E-state index in [2.05, 4.69) is 0 Å². The lowest BCUT2D eigenvalue weighted by Crippen LogP contribution is -2.66. The van der Waals surface area contributed by atoms with Gasteiger partial charge in [0.2, 0.25) is 0 Å². The fraction of sp³-hybridized carbons (Fsp3) is 1.00. The minimum Gasteiger partial charge on any atom is -0.394 e. The SMILES string of the molecule is OC[C@H]1O[C@@H](O[C@H]2O[C@H](CO)[C@@H](O)[C@H](O)[C@H]2O[C@@H]2O[C@H](CO)[C@H](O)[C@H](O)[C@H]2O)[C@H](O)[C@@H](O)[C@H]1O. The Morgan fingerprint density at radius 1 is 0.412 bits per heavy atom. The van der Waals surface area contributed by atoms with Gasteiger partial charge in [0.15, 0.2) is 18.9 Å². The summed E-state index contributed by atoms with van der Waals surface area (Å²) in [7, 11) is 0. The number of aliphatic hydroxyl groups excluding tert-OH is 11. The molecule has 34 heavy (non-hydrogen) atoms. The average molecular weight is 504 g/mol. The molecule has 0 spiro atoms. The zero-order chi connectivity index (χ0) is 25.3. The molecule has 0 radical (unpaired) electrons. The topological polar surface area (TPSA) is 269 Å². The van der Waals surface area contributed by atoms with Crippen LogP contribution < -0.4 is 0 Å². The van der Waals surface area contributed by atoms with E-state index in [-0.39, 0.29) is 0 Å². The third kappa shape index (κ3) is 5.37. The molecule has 3 fully saturated rings. The molecule has 0 aromatic rings. The molecule has 16 nitrogen and oxygen atoms in total. The second-order valence-electron chi connectivity index (χ2n) is 8.34. The molecule has 0 unspecified atom stereocenters. The molecule has 3 aliphatic rings. The molecule has 3 saturated heterocycles. The van der Waals surface area contributed by atoms with Gasteiger partial charge in [0.05, 0.1) is 19.8 Å². The van der Waals surface area contributed by atoms with Gasteiger partial charge >= 0.3 is 0 Å². The molecule has 3 heterocycles. The van der Waals surface area contributed by atoms with Crippen LogP contribution in [-0.2, 0) is 23.7 Å². The summed E-state index contributed by atoms with van der Waals surface area (Å²) in [6.07, 6.45) is -25.6. The van der Waals surface area contributed by atoms with Crippen molar-refractivity contribution in [3.8, 4) is 0 Å². The Hall–Kier alpha value is -0.640. The van der Waals surface area contributed by atoms with E-state index in [1.165, 1.54) is 0 Å². The maximum atomic E-state index is 10.6. The van der Waals surface area contributed by atoms with Crippen LogP contribution in [0.5, 0.6) is 0 Å². The fourth-order valence-corrected chi connectivity index (χ4v) is 3.96. The van der Waals surface area contributed by atoms with E-state index in [0.717, 1.165) is 0 Å². The molecule has 0 aromatic heterocycles. The van der Waals surface area contributed by atoms with Crippen molar-refractivity contribution in [2.45, 2.75) is 92.1 Å². The number of hydrogen-bond donors (Lipinski definition) is 11. The molecule has 200 valence electrons. The van der Waals surface area contributed by atoms with E-state index < -0.39 is 112 Å². The molecule has 15 atom stereocenters. The molecule has 0 amide bonds. The van der Waals surface area contributed by atoms with Gasteiger partial charge in [-0.15, -0.1) is 0 Å². The Morgan fingerprint density at radius 2 is 0.765 bits per heavy atom. The molecule has 11 N–H and O–H groups in total. The number of ether oxygens (including phenoxy) is 5. The van der Waals surface area contributed by atoms with Gasteiger partial charge in [0.25, 0.3) is 0 Å². The van der Waals surface area contributed by atoms with Crippen LogP contribution >= 0.6 is 0 Å². The normalized spacial score (nSPS) is 52.5. The van der Waals surface area contributed by atoms with Crippen LogP contribution in [0.2, 0.25) is 0 Å². The molecular formula is C18H32O16. The van der Waals surface area contributed by atoms with Crippen LogP contribution in [0.3, 0.4) is 0 Å². The van der Waals surface area contributed by atoms with Gasteiger partial charge in [0.1, 0.15) is 73.2 Å². The zero-order valence-electron chi connectivity index (χ0n) is 17.7. The Labute approximate surface area is 192 Å².